The molecular formula is C12H15NO3. The van der Waals surface area contributed by atoms with Crippen LogP contribution in [-0.4, -0.2) is 17.8 Å². The second kappa shape index (κ2) is 5.92. The molecule has 0 amide bonds. The Bertz CT molecular complexity index is 399. The van der Waals surface area contributed by atoms with E-state index in [1.54, 1.807) is 31.2 Å². The van der Waals surface area contributed by atoms with Gasteiger partial charge < -0.3 is 4.74 Å². The van der Waals surface area contributed by atoms with Crippen LogP contribution in [0.15, 0.2) is 24.3 Å². The van der Waals surface area contributed by atoms with E-state index < -0.39 is 0 Å². The lowest BCUT2D eigenvalue weighted by molar-refractivity contribution is 0.0526. The van der Waals surface area contributed by atoms with E-state index in [-0.39, 0.29) is 5.97 Å². The van der Waals surface area contributed by atoms with Gasteiger partial charge in [0.2, 0.25) is 0 Å². The van der Waals surface area contributed by atoms with Crippen LogP contribution in [0.3, 0.4) is 0 Å². The first-order valence-electron chi connectivity index (χ1n) is 5.07. The average molecular weight is 221 g/mol. The van der Waals surface area contributed by atoms with E-state index in [1.807, 2.05) is 18.5 Å². The van der Waals surface area contributed by atoms with Crippen LogP contribution in [0, 0.1) is 0 Å². The maximum absolute atomic E-state index is 11.6. The van der Waals surface area contributed by atoms with E-state index in [9.17, 15) is 4.79 Å². The number of anilines is 1. The Morgan fingerprint density at radius 2 is 2.31 bits per heavy atom. The predicted octanol–water partition coefficient (Wildman–Crippen LogP) is 2.70. The lowest BCUT2D eigenvalue weighted by Crippen LogP contribution is -2.07. The van der Waals surface area contributed by atoms with Gasteiger partial charge in [0.1, 0.15) is 0 Å². The minimum atomic E-state index is -0.361. The summed E-state index contributed by atoms with van der Waals surface area (Å²) in [6, 6.07) is 4.90. The summed E-state index contributed by atoms with van der Waals surface area (Å²) in [5.74, 6) is -0.361. The van der Waals surface area contributed by atoms with Crippen molar-refractivity contribution in [3.8, 4) is 0 Å². The molecule has 0 aliphatic carbocycles. The summed E-state index contributed by atoms with van der Waals surface area (Å²) in [5, 5.41) is 8.77. The van der Waals surface area contributed by atoms with Crippen molar-refractivity contribution >= 4 is 17.7 Å². The van der Waals surface area contributed by atoms with E-state index in [0.717, 1.165) is 0 Å². The molecule has 0 unspecified atom stereocenters. The number of ether oxygens (including phenoxy) is 1. The number of benzene rings is 1. The van der Waals surface area contributed by atoms with E-state index in [2.05, 4.69) is 0 Å². The van der Waals surface area contributed by atoms with Gasteiger partial charge in [-0.25, -0.2) is 4.79 Å². The van der Waals surface area contributed by atoms with Crippen LogP contribution in [0.1, 0.15) is 29.8 Å². The Kier molecular flexibility index (Phi) is 4.54. The van der Waals surface area contributed by atoms with E-state index in [4.69, 9.17) is 9.94 Å². The highest BCUT2D eigenvalue weighted by atomic mass is 16.5. The van der Waals surface area contributed by atoms with Gasteiger partial charge >= 0.3 is 5.97 Å². The van der Waals surface area contributed by atoms with Crippen molar-refractivity contribution in [3.05, 3.63) is 35.4 Å². The quantitative estimate of drug-likeness (QED) is 0.606. The fourth-order valence-corrected chi connectivity index (χ4v) is 1.34. The molecule has 0 atom stereocenters. The third kappa shape index (κ3) is 2.84. The molecule has 1 aromatic rings. The third-order valence-electron chi connectivity index (χ3n) is 2.02. The van der Waals surface area contributed by atoms with Crippen LogP contribution < -0.4 is 5.48 Å². The molecular weight excluding hydrogens is 206 g/mol. The van der Waals surface area contributed by atoms with Gasteiger partial charge in [-0.1, -0.05) is 12.2 Å². The molecule has 0 fully saturated rings. The number of allylic oxidation sites excluding steroid dienone is 1. The van der Waals surface area contributed by atoms with Gasteiger partial charge in [-0.3, -0.25) is 10.7 Å². The maximum atomic E-state index is 11.6. The molecule has 0 bridgehead atoms. The Morgan fingerprint density at radius 1 is 1.56 bits per heavy atom. The zero-order valence-corrected chi connectivity index (χ0v) is 9.36. The van der Waals surface area contributed by atoms with Crippen LogP contribution in [-0.2, 0) is 4.74 Å². The highest BCUT2D eigenvalue weighted by Gasteiger charge is 2.10. The molecule has 0 aromatic heterocycles. The standard InChI is InChI=1S/C12H15NO3/c1-3-5-9-8-10(13-15)6-7-11(9)12(14)16-4-2/h3,5-8,13,15H,4H2,1-2H3/b5-3+. The summed E-state index contributed by atoms with van der Waals surface area (Å²) in [4.78, 5) is 11.6. The first-order valence-corrected chi connectivity index (χ1v) is 5.07. The first-order chi connectivity index (χ1) is 7.72. The number of carbonyl (C=O) groups excluding carboxylic acids is 1. The molecule has 0 heterocycles. The van der Waals surface area contributed by atoms with E-state index in [0.29, 0.717) is 23.4 Å². The van der Waals surface area contributed by atoms with Crippen molar-refractivity contribution in [3.63, 3.8) is 0 Å². The van der Waals surface area contributed by atoms with E-state index in [1.165, 1.54) is 0 Å². The monoisotopic (exact) mass is 221 g/mol. The van der Waals surface area contributed by atoms with Gasteiger partial charge in [0, 0.05) is 0 Å². The lowest BCUT2D eigenvalue weighted by atomic mass is 10.1. The van der Waals surface area contributed by atoms with Crippen molar-refractivity contribution in [2.45, 2.75) is 13.8 Å². The highest BCUT2D eigenvalue weighted by molar-refractivity contribution is 5.94. The SMILES string of the molecule is C/C=C/c1cc(NO)ccc1C(=O)OCC. The van der Waals surface area contributed by atoms with Crippen LogP contribution in [0.2, 0.25) is 0 Å². The molecule has 0 saturated heterocycles. The Hall–Kier alpha value is -1.81. The van der Waals surface area contributed by atoms with Crippen LogP contribution in [0.4, 0.5) is 5.69 Å². The fraction of sp³-hybridized carbons (Fsp3) is 0.250. The van der Waals surface area contributed by atoms with Gasteiger partial charge in [0.25, 0.3) is 0 Å². The third-order valence-corrected chi connectivity index (χ3v) is 2.02. The van der Waals surface area contributed by atoms with Gasteiger partial charge in [0.05, 0.1) is 17.9 Å². The predicted molar refractivity (Wildman–Crippen MR) is 62.5 cm³/mol. The highest BCUT2D eigenvalue weighted by Crippen LogP contribution is 2.18. The zero-order valence-electron chi connectivity index (χ0n) is 9.36. The zero-order chi connectivity index (χ0) is 12.0. The van der Waals surface area contributed by atoms with Crippen LogP contribution >= 0.6 is 0 Å². The molecule has 1 aromatic carbocycles. The second-order valence-electron chi connectivity index (χ2n) is 3.13. The molecule has 0 aliphatic rings. The van der Waals surface area contributed by atoms with Gasteiger partial charge in [-0.05, 0) is 37.6 Å². The molecule has 2 N–H and O–H groups in total. The van der Waals surface area contributed by atoms with Gasteiger partial charge in [-0.2, -0.15) is 0 Å². The largest absolute Gasteiger partial charge is 0.462 e. The first kappa shape index (κ1) is 12.3. The average Bonchev–Trinajstić information content (AvgIpc) is 2.29. The summed E-state index contributed by atoms with van der Waals surface area (Å²) in [5.41, 5.74) is 3.76. The molecule has 0 aliphatic heterocycles. The maximum Gasteiger partial charge on any atom is 0.338 e. The number of esters is 1. The van der Waals surface area contributed by atoms with Crippen LogP contribution in [0.5, 0.6) is 0 Å². The van der Waals surface area contributed by atoms with Crippen molar-refractivity contribution < 1.29 is 14.7 Å². The summed E-state index contributed by atoms with van der Waals surface area (Å²) in [6.45, 7) is 3.96. The van der Waals surface area contributed by atoms with Crippen molar-refractivity contribution in [2.24, 2.45) is 0 Å². The number of carbonyl (C=O) groups is 1. The summed E-state index contributed by atoms with van der Waals surface area (Å²) in [7, 11) is 0. The normalized spacial score (nSPS) is 10.4. The Labute approximate surface area is 94.5 Å². The number of hydrogen-bond acceptors (Lipinski definition) is 4. The van der Waals surface area contributed by atoms with Crippen molar-refractivity contribution in [1.82, 2.24) is 0 Å². The molecule has 0 spiro atoms. The molecule has 1 rings (SSSR count). The Morgan fingerprint density at radius 3 is 2.88 bits per heavy atom. The minimum Gasteiger partial charge on any atom is -0.462 e. The molecule has 4 nitrogen and oxygen atoms in total. The topological polar surface area (TPSA) is 58.6 Å². The summed E-state index contributed by atoms with van der Waals surface area (Å²) < 4.78 is 4.93. The molecule has 0 radical (unpaired) electrons. The summed E-state index contributed by atoms with van der Waals surface area (Å²) in [6.07, 6.45) is 3.60. The molecule has 0 saturated carbocycles. The number of nitrogens with one attached hydrogen (secondary N) is 1. The van der Waals surface area contributed by atoms with E-state index >= 15 is 0 Å². The van der Waals surface area contributed by atoms with Gasteiger partial charge in [0.15, 0.2) is 0 Å². The van der Waals surface area contributed by atoms with Crippen molar-refractivity contribution in [1.29, 1.82) is 0 Å². The molecule has 16 heavy (non-hydrogen) atoms. The Balaban J connectivity index is 3.12. The fourth-order valence-electron chi connectivity index (χ4n) is 1.34. The molecule has 86 valence electrons. The lowest BCUT2D eigenvalue weighted by Gasteiger charge is -2.07. The van der Waals surface area contributed by atoms with Crippen molar-refractivity contribution in [2.75, 3.05) is 12.1 Å². The summed E-state index contributed by atoms with van der Waals surface area (Å²) >= 11 is 0. The minimum absolute atomic E-state index is 0.341. The second-order valence-corrected chi connectivity index (χ2v) is 3.13. The number of rotatable bonds is 4. The molecule has 4 heteroatoms. The van der Waals surface area contributed by atoms with Gasteiger partial charge in [-0.15, -0.1) is 0 Å². The number of hydrogen-bond donors (Lipinski definition) is 2. The van der Waals surface area contributed by atoms with Crippen LogP contribution in [0.25, 0.3) is 6.08 Å². The smallest absolute Gasteiger partial charge is 0.338 e.